The Bertz CT molecular complexity index is 752. The molecule has 0 saturated carbocycles. The van der Waals surface area contributed by atoms with E-state index in [1.807, 2.05) is 24.3 Å². The van der Waals surface area contributed by atoms with Gasteiger partial charge in [0.25, 0.3) is 0 Å². The first-order valence-corrected chi connectivity index (χ1v) is 9.13. The Morgan fingerprint density at radius 2 is 1.05 bits per heavy atom. The lowest BCUT2D eigenvalue weighted by Crippen LogP contribution is -2.13. The van der Waals surface area contributed by atoms with E-state index in [0.29, 0.717) is 13.2 Å². The Balaban J connectivity index is 1.98. The summed E-state index contributed by atoms with van der Waals surface area (Å²) >= 11 is 4.81. The fraction of sp³-hybridized carbons (Fsp3) is 0.111. The fourth-order valence-electron chi connectivity index (χ4n) is 2.86. The van der Waals surface area contributed by atoms with Crippen molar-refractivity contribution in [3.8, 4) is 11.5 Å². The number of benzene rings is 2. The summed E-state index contributed by atoms with van der Waals surface area (Å²) in [6, 6.07) is 16.5. The van der Waals surface area contributed by atoms with Gasteiger partial charge in [0.2, 0.25) is 0 Å². The first-order valence-electron chi connectivity index (χ1n) is 6.98. The summed E-state index contributed by atoms with van der Waals surface area (Å²) in [4.78, 5) is 0. The zero-order valence-corrected chi connectivity index (χ0v) is 15.9. The van der Waals surface area contributed by atoms with Gasteiger partial charge in [-0.15, -0.1) is 0 Å². The van der Waals surface area contributed by atoms with Crippen molar-refractivity contribution in [2.24, 2.45) is 0 Å². The molecule has 0 bridgehead atoms. The Hall–Kier alpha value is -1.02. The lowest BCUT2D eigenvalue weighted by atomic mass is 9.89. The quantitative estimate of drug-likeness (QED) is 0.471. The minimum atomic E-state index is 0.628. The molecule has 0 radical (unpaired) electrons. The number of fused-ring (bicyclic) bond motifs is 2. The summed E-state index contributed by atoms with van der Waals surface area (Å²) in [5.41, 5.74) is 4.89. The topological polar surface area (TPSA) is 18.5 Å². The Kier molecular flexibility index (Phi) is 3.89. The molecule has 2 nitrogen and oxygen atoms in total. The summed E-state index contributed by atoms with van der Waals surface area (Å²) in [6.45, 7) is 1.26. The number of rotatable bonds is 1. The average Bonchev–Trinajstić information content (AvgIpc) is 2.56. The number of ether oxygens (including phenoxy) is 2. The van der Waals surface area contributed by atoms with Crippen LogP contribution >= 0.6 is 45.2 Å². The molecule has 2 aliphatic rings. The molecule has 2 heterocycles. The molecule has 4 heteroatoms. The highest BCUT2D eigenvalue weighted by Gasteiger charge is 2.28. The van der Waals surface area contributed by atoms with Crippen LogP contribution in [0.3, 0.4) is 0 Å². The van der Waals surface area contributed by atoms with Gasteiger partial charge in [0, 0.05) is 29.4 Å². The van der Waals surface area contributed by atoms with Crippen LogP contribution in [0.25, 0.3) is 11.1 Å². The third-order valence-corrected chi connectivity index (χ3v) is 5.52. The van der Waals surface area contributed by atoms with Gasteiger partial charge in [0.15, 0.2) is 0 Å². The maximum atomic E-state index is 5.86. The maximum absolute atomic E-state index is 5.86. The van der Waals surface area contributed by atoms with Crippen molar-refractivity contribution >= 4 is 56.3 Å². The van der Waals surface area contributed by atoms with Gasteiger partial charge < -0.3 is 9.47 Å². The summed E-state index contributed by atoms with van der Waals surface area (Å²) in [5, 5.41) is 0. The monoisotopic (exact) mass is 514 g/mol. The molecular formula is C18H12I2O2. The molecule has 2 aromatic carbocycles. The molecule has 0 fully saturated rings. The van der Waals surface area contributed by atoms with Crippen molar-refractivity contribution in [1.82, 2.24) is 0 Å². The summed E-state index contributed by atoms with van der Waals surface area (Å²) in [6.07, 6.45) is 0. The molecule has 0 unspecified atom stereocenters. The average molecular weight is 514 g/mol. The zero-order valence-electron chi connectivity index (χ0n) is 11.6. The molecule has 0 atom stereocenters. The molecule has 0 aliphatic carbocycles. The van der Waals surface area contributed by atoms with E-state index < -0.39 is 0 Å². The fourth-order valence-corrected chi connectivity index (χ4v) is 4.29. The van der Waals surface area contributed by atoms with E-state index in [0.717, 1.165) is 11.5 Å². The van der Waals surface area contributed by atoms with Crippen molar-refractivity contribution in [3.05, 3.63) is 66.8 Å². The minimum absolute atomic E-state index is 0.628. The first-order chi connectivity index (χ1) is 10.8. The second-order valence-corrected chi connectivity index (χ2v) is 7.73. The molecule has 2 aromatic rings. The molecule has 2 aliphatic heterocycles. The third kappa shape index (κ3) is 2.36. The minimum Gasteiger partial charge on any atom is -0.488 e. The smallest absolute Gasteiger partial charge is 0.127 e. The van der Waals surface area contributed by atoms with E-state index in [9.17, 15) is 0 Å². The van der Waals surface area contributed by atoms with E-state index in [1.54, 1.807) is 0 Å². The second kappa shape index (κ2) is 5.88. The van der Waals surface area contributed by atoms with Gasteiger partial charge in [-0.05, 0) is 57.3 Å². The molecule has 0 amide bonds. The van der Waals surface area contributed by atoms with Crippen molar-refractivity contribution in [2.75, 3.05) is 13.2 Å². The highest BCUT2D eigenvalue weighted by atomic mass is 127. The van der Waals surface area contributed by atoms with Crippen LogP contribution < -0.4 is 9.47 Å². The van der Waals surface area contributed by atoms with E-state index in [-0.39, 0.29) is 0 Å². The highest BCUT2D eigenvalue weighted by Crippen LogP contribution is 2.48. The van der Waals surface area contributed by atoms with Crippen molar-refractivity contribution in [2.45, 2.75) is 0 Å². The first kappa shape index (κ1) is 14.6. The van der Waals surface area contributed by atoms with Gasteiger partial charge in [-0.1, -0.05) is 36.4 Å². The Morgan fingerprint density at radius 3 is 1.50 bits per heavy atom. The van der Waals surface area contributed by atoms with Crippen molar-refractivity contribution < 1.29 is 9.47 Å². The lowest BCUT2D eigenvalue weighted by Gasteiger charge is -2.28. The van der Waals surface area contributed by atoms with Gasteiger partial charge in [-0.3, -0.25) is 0 Å². The highest BCUT2D eigenvalue weighted by molar-refractivity contribution is 14.1. The molecule has 0 saturated heterocycles. The molecule has 0 N–H and O–H groups in total. The van der Waals surface area contributed by atoms with E-state index in [1.165, 1.54) is 29.4 Å². The predicted octanol–water partition coefficient (Wildman–Crippen LogP) is 5.46. The number of hydrogen-bond acceptors (Lipinski definition) is 2. The molecule has 0 aromatic heterocycles. The number of allylic oxidation sites excluding steroid dienone is 2. The van der Waals surface area contributed by atoms with Crippen LogP contribution in [0.1, 0.15) is 11.1 Å². The van der Waals surface area contributed by atoms with Gasteiger partial charge in [-0.2, -0.15) is 0 Å². The van der Waals surface area contributed by atoms with Crippen LogP contribution in [-0.4, -0.2) is 13.2 Å². The summed E-state index contributed by atoms with van der Waals surface area (Å²) < 4.78 is 14.2. The van der Waals surface area contributed by atoms with E-state index in [2.05, 4.69) is 69.4 Å². The number of halogens is 2. The van der Waals surface area contributed by atoms with Crippen LogP contribution in [0.4, 0.5) is 0 Å². The van der Waals surface area contributed by atoms with Gasteiger partial charge in [0.1, 0.15) is 24.7 Å². The van der Waals surface area contributed by atoms with Gasteiger partial charge >= 0.3 is 0 Å². The maximum Gasteiger partial charge on any atom is 0.127 e. The van der Waals surface area contributed by atoms with Gasteiger partial charge in [0.05, 0.1) is 0 Å². The Morgan fingerprint density at radius 1 is 0.636 bits per heavy atom. The standard InChI is InChI=1S/C18H12I2O2/c19-13-9-21-15-7-3-1-5-11(15)17(13)18-12-6-2-4-8-16(12)22-10-14(18)20/h1-8H,9-10H2. The van der Waals surface area contributed by atoms with Crippen molar-refractivity contribution in [3.63, 3.8) is 0 Å². The van der Waals surface area contributed by atoms with Gasteiger partial charge in [-0.25, -0.2) is 0 Å². The SMILES string of the molecule is IC1=C(C2=C(I)COc3ccccc32)c2ccccc2OC1. The second-order valence-electron chi connectivity index (χ2n) is 5.13. The molecule has 22 heavy (non-hydrogen) atoms. The zero-order chi connectivity index (χ0) is 15.1. The number of para-hydroxylation sites is 2. The lowest BCUT2D eigenvalue weighted by molar-refractivity contribution is 0.353. The largest absolute Gasteiger partial charge is 0.488 e. The summed E-state index contributed by atoms with van der Waals surface area (Å²) in [7, 11) is 0. The van der Waals surface area contributed by atoms with Crippen LogP contribution in [0.15, 0.2) is 55.7 Å². The van der Waals surface area contributed by atoms with Crippen LogP contribution in [0.2, 0.25) is 0 Å². The Labute approximate surface area is 156 Å². The molecular weight excluding hydrogens is 502 g/mol. The predicted molar refractivity (Wildman–Crippen MR) is 106 cm³/mol. The van der Waals surface area contributed by atoms with Crippen LogP contribution in [-0.2, 0) is 0 Å². The van der Waals surface area contributed by atoms with E-state index >= 15 is 0 Å². The van der Waals surface area contributed by atoms with Crippen molar-refractivity contribution in [1.29, 1.82) is 0 Å². The molecule has 110 valence electrons. The normalized spacial score (nSPS) is 16.6. The third-order valence-electron chi connectivity index (χ3n) is 3.81. The number of hydrogen-bond donors (Lipinski definition) is 0. The van der Waals surface area contributed by atoms with E-state index in [4.69, 9.17) is 9.47 Å². The molecule has 4 rings (SSSR count). The summed E-state index contributed by atoms with van der Waals surface area (Å²) in [5.74, 6) is 1.91. The molecule has 0 spiro atoms. The van der Waals surface area contributed by atoms with Crippen LogP contribution in [0, 0.1) is 0 Å². The van der Waals surface area contributed by atoms with Crippen LogP contribution in [0.5, 0.6) is 11.5 Å².